The second kappa shape index (κ2) is 5.83. The molecule has 2 aromatic heterocycles. The van der Waals surface area contributed by atoms with E-state index in [1.165, 1.54) is 5.56 Å². The third-order valence-corrected chi connectivity index (χ3v) is 3.54. The monoisotopic (exact) mass is 281 g/mol. The van der Waals surface area contributed by atoms with Crippen LogP contribution in [0.2, 0.25) is 0 Å². The number of aromatic nitrogens is 4. The summed E-state index contributed by atoms with van der Waals surface area (Å²) >= 11 is 0. The fourth-order valence-corrected chi connectivity index (χ4v) is 2.42. The van der Waals surface area contributed by atoms with Crippen LogP contribution in [-0.4, -0.2) is 19.6 Å². The maximum Gasteiger partial charge on any atom is 0.0659 e. The van der Waals surface area contributed by atoms with Crippen LogP contribution < -0.4 is 5.32 Å². The van der Waals surface area contributed by atoms with Crippen molar-refractivity contribution >= 4 is 5.69 Å². The molecule has 0 spiro atoms. The van der Waals surface area contributed by atoms with Gasteiger partial charge in [0.2, 0.25) is 0 Å². The minimum Gasteiger partial charge on any atom is -0.377 e. The van der Waals surface area contributed by atoms with Crippen LogP contribution in [0.25, 0.3) is 0 Å². The Morgan fingerprint density at radius 3 is 2.52 bits per heavy atom. The summed E-state index contributed by atoms with van der Waals surface area (Å²) in [5.41, 5.74) is 3.50. The normalized spacial score (nSPS) is 12.3. The SMILES string of the molecule is CC(Nc1ccc(Cn2cccn2)cc1)c1ccnn1C. The van der Waals surface area contributed by atoms with Crippen molar-refractivity contribution in [2.45, 2.75) is 19.5 Å². The fourth-order valence-electron chi connectivity index (χ4n) is 2.42. The van der Waals surface area contributed by atoms with Crippen molar-refractivity contribution in [1.82, 2.24) is 19.6 Å². The molecule has 5 nitrogen and oxygen atoms in total. The van der Waals surface area contributed by atoms with E-state index in [2.05, 4.69) is 46.7 Å². The second-order valence-electron chi connectivity index (χ2n) is 5.15. The molecule has 0 aliphatic rings. The van der Waals surface area contributed by atoms with E-state index in [1.54, 1.807) is 6.20 Å². The molecule has 1 aromatic carbocycles. The van der Waals surface area contributed by atoms with Gasteiger partial charge in [-0.15, -0.1) is 0 Å². The molecule has 1 N–H and O–H groups in total. The van der Waals surface area contributed by atoms with Gasteiger partial charge in [0.05, 0.1) is 18.3 Å². The van der Waals surface area contributed by atoms with E-state index in [-0.39, 0.29) is 6.04 Å². The lowest BCUT2D eigenvalue weighted by Gasteiger charge is -2.16. The van der Waals surface area contributed by atoms with Crippen LogP contribution in [-0.2, 0) is 13.6 Å². The number of anilines is 1. The van der Waals surface area contributed by atoms with E-state index in [0.29, 0.717) is 0 Å². The zero-order valence-electron chi connectivity index (χ0n) is 12.3. The van der Waals surface area contributed by atoms with Gasteiger partial charge in [-0.05, 0) is 36.8 Å². The summed E-state index contributed by atoms with van der Waals surface area (Å²) in [5, 5.41) is 11.9. The maximum absolute atomic E-state index is 4.22. The summed E-state index contributed by atoms with van der Waals surface area (Å²) in [7, 11) is 1.96. The summed E-state index contributed by atoms with van der Waals surface area (Å²) in [5.74, 6) is 0. The van der Waals surface area contributed by atoms with E-state index >= 15 is 0 Å². The average Bonchev–Trinajstić information content (AvgIpc) is 3.12. The summed E-state index contributed by atoms with van der Waals surface area (Å²) < 4.78 is 3.81. The molecule has 0 aliphatic carbocycles. The van der Waals surface area contributed by atoms with Crippen molar-refractivity contribution in [3.8, 4) is 0 Å². The lowest BCUT2D eigenvalue weighted by molar-refractivity contribution is 0.675. The highest BCUT2D eigenvalue weighted by Crippen LogP contribution is 2.19. The highest BCUT2D eigenvalue weighted by Gasteiger charge is 2.08. The average molecular weight is 281 g/mol. The predicted octanol–water partition coefficient (Wildman–Crippen LogP) is 2.84. The number of rotatable bonds is 5. The Bertz CT molecular complexity index is 682. The Labute approximate surface area is 124 Å². The van der Waals surface area contributed by atoms with Crippen LogP contribution in [0.3, 0.4) is 0 Å². The van der Waals surface area contributed by atoms with Crippen LogP contribution in [0.5, 0.6) is 0 Å². The molecule has 2 heterocycles. The molecule has 3 aromatic rings. The van der Waals surface area contributed by atoms with Crippen LogP contribution >= 0.6 is 0 Å². The quantitative estimate of drug-likeness (QED) is 0.782. The first-order valence-electron chi connectivity index (χ1n) is 7.03. The standard InChI is InChI=1S/C16H19N5/c1-13(16-8-10-17-20(16)2)19-15-6-4-14(5-7-15)12-21-11-3-9-18-21/h3-11,13,19H,12H2,1-2H3. The summed E-state index contributed by atoms with van der Waals surface area (Å²) in [4.78, 5) is 0. The van der Waals surface area contributed by atoms with Crippen LogP contribution in [0, 0.1) is 0 Å². The van der Waals surface area contributed by atoms with Gasteiger partial charge >= 0.3 is 0 Å². The molecule has 1 atom stereocenters. The molecule has 0 aliphatic heterocycles. The predicted molar refractivity (Wildman–Crippen MR) is 83.0 cm³/mol. The summed E-state index contributed by atoms with van der Waals surface area (Å²) in [6, 6.07) is 12.6. The molecule has 0 bridgehead atoms. The maximum atomic E-state index is 4.22. The van der Waals surface area contributed by atoms with Crippen molar-refractivity contribution in [2.75, 3.05) is 5.32 Å². The Morgan fingerprint density at radius 2 is 1.90 bits per heavy atom. The molecule has 1 unspecified atom stereocenters. The van der Waals surface area contributed by atoms with E-state index < -0.39 is 0 Å². The number of benzene rings is 1. The minimum atomic E-state index is 0.217. The van der Waals surface area contributed by atoms with Gasteiger partial charge in [0.25, 0.3) is 0 Å². The molecular weight excluding hydrogens is 262 g/mol. The largest absolute Gasteiger partial charge is 0.377 e. The number of aryl methyl sites for hydroxylation is 1. The lowest BCUT2D eigenvalue weighted by atomic mass is 10.1. The van der Waals surface area contributed by atoms with Gasteiger partial charge < -0.3 is 5.32 Å². The summed E-state index contributed by atoms with van der Waals surface area (Å²) in [6.07, 6.45) is 5.59. The van der Waals surface area contributed by atoms with E-state index in [4.69, 9.17) is 0 Å². The van der Waals surface area contributed by atoms with Gasteiger partial charge in [0, 0.05) is 31.3 Å². The Balaban J connectivity index is 1.66. The molecule has 0 saturated heterocycles. The zero-order valence-corrected chi connectivity index (χ0v) is 12.3. The van der Waals surface area contributed by atoms with Gasteiger partial charge in [-0.25, -0.2) is 0 Å². The summed E-state index contributed by atoms with van der Waals surface area (Å²) in [6.45, 7) is 2.93. The number of hydrogen-bond donors (Lipinski definition) is 1. The Hall–Kier alpha value is -2.56. The Morgan fingerprint density at radius 1 is 1.10 bits per heavy atom. The minimum absolute atomic E-state index is 0.217. The molecule has 21 heavy (non-hydrogen) atoms. The molecule has 0 fully saturated rings. The molecule has 5 heteroatoms. The number of hydrogen-bond acceptors (Lipinski definition) is 3. The second-order valence-corrected chi connectivity index (χ2v) is 5.15. The third-order valence-electron chi connectivity index (χ3n) is 3.54. The first-order chi connectivity index (χ1) is 10.2. The number of nitrogens with one attached hydrogen (secondary N) is 1. The van der Waals surface area contributed by atoms with Crippen molar-refractivity contribution in [1.29, 1.82) is 0 Å². The molecule has 108 valence electrons. The fraction of sp³-hybridized carbons (Fsp3) is 0.250. The van der Waals surface area contributed by atoms with Gasteiger partial charge in [0.15, 0.2) is 0 Å². The lowest BCUT2D eigenvalue weighted by Crippen LogP contribution is -2.11. The van der Waals surface area contributed by atoms with Gasteiger partial charge in [-0.1, -0.05) is 12.1 Å². The van der Waals surface area contributed by atoms with E-state index in [0.717, 1.165) is 17.9 Å². The van der Waals surface area contributed by atoms with E-state index in [9.17, 15) is 0 Å². The highest BCUT2D eigenvalue weighted by molar-refractivity contribution is 5.46. The van der Waals surface area contributed by atoms with E-state index in [1.807, 2.05) is 40.9 Å². The zero-order chi connectivity index (χ0) is 14.7. The van der Waals surface area contributed by atoms with Gasteiger partial charge in [0.1, 0.15) is 0 Å². The Kier molecular flexibility index (Phi) is 3.73. The third kappa shape index (κ3) is 3.13. The van der Waals surface area contributed by atoms with Crippen LogP contribution in [0.15, 0.2) is 55.0 Å². The molecule has 0 amide bonds. The molecule has 0 radical (unpaired) electrons. The smallest absolute Gasteiger partial charge is 0.0659 e. The molecule has 3 rings (SSSR count). The van der Waals surface area contributed by atoms with Gasteiger partial charge in [-0.2, -0.15) is 10.2 Å². The highest BCUT2D eigenvalue weighted by atomic mass is 15.3. The topological polar surface area (TPSA) is 47.7 Å². The first kappa shape index (κ1) is 13.4. The number of nitrogens with zero attached hydrogens (tertiary/aromatic N) is 4. The van der Waals surface area contributed by atoms with Crippen molar-refractivity contribution < 1.29 is 0 Å². The molecule has 0 saturated carbocycles. The van der Waals surface area contributed by atoms with Crippen molar-refractivity contribution in [3.05, 3.63) is 66.2 Å². The van der Waals surface area contributed by atoms with Crippen LogP contribution in [0.1, 0.15) is 24.2 Å². The first-order valence-corrected chi connectivity index (χ1v) is 7.03. The van der Waals surface area contributed by atoms with Gasteiger partial charge in [-0.3, -0.25) is 9.36 Å². The van der Waals surface area contributed by atoms with Crippen molar-refractivity contribution in [2.24, 2.45) is 7.05 Å². The molecular formula is C16H19N5. The van der Waals surface area contributed by atoms with Crippen LogP contribution in [0.4, 0.5) is 5.69 Å². The van der Waals surface area contributed by atoms with Crippen molar-refractivity contribution in [3.63, 3.8) is 0 Å².